The zero-order valence-electron chi connectivity index (χ0n) is 11.0. The third kappa shape index (κ3) is 3.83. The number of hydrogen-bond acceptors (Lipinski definition) is 2. The van der Waals surface area contributed by atoms with Crippen molar-refractivity contribution in [2.75, 3.05) is 26.2 Å². The second kappa shape index (κ2) is 6.18. The molecule has 1 N–H and O–H groups in total. The van der Waals surface area contributed by atoms with E-state index >= 15 is 0 Å². The van der Waals surface area contributed by atoms with E-state index in [9.17, 15) is 0 Å². The molecule has 1 aliphatic rings. The number of rotatable bonds is 4. The average Bonchev–Trinajstić information content (AvgIpc) is 2.32. The van der Waals surface area contributed by atoms with Gasteiger partial charge in [0.1, 0.15) is 0 Å². The van der Waals surface area contributed by atoms with Gasteiger partial charge in [0.2, 0.25) is 0 Å². The molecule has 2 heteroatoms. The molecule has 1 aromatic rings. The lowest BCUT2D eigenvalue weighted by Gasteiger charge is -2.37. The summed E-state index contributed by atoms with van der Waals surface area (Å²) >= 11 is 0. The van der Waals surface area contributed by atoms with Crippen LogP contribution < -0.4 is 5.32 Å². The zero-order chi connectivity index (χ0) is 12.1. The van der Waals surface area contributed by atoms with Crippen LogP contribution >= 0.6 is 0 Å². The molecule has 1 heterocycles. The van der Waals surface area contributed by atoms with Gasteiger partial charge in [-0.3, -0.25) is 4.90 Å². The van der Waals surface area contributed by atoms with Crippen molar-refractivity contribution < 1.29 is 0 Å². The van der Waals surface area contributed by atoms with Crippen LogP contribution in [0.25, 0.3) is 0 Å². The summed E-state index contributed by atoms with van der Waals surface area (Å²) in [5, 5.41) is 3.52. The molecule has 1 aliphatic heterocycles. The van der Waals surface area contributed by atoms with Gasteiger partial charge in [-0.05, 0) is 17.9 Å². The Morgan fingerprint density at radius 2 is 2.06 bits per heavy atom. The monoisotopic (exact) mass is 232 g/mol. The van der Waals surface area contributed by atoms with E-state index < -0.39 is 0 Å². The highest BCUT2D eigenvalue weighted by Crippen LogP contribution is 2.12. The van der Waals surface area contributed by atoms with Crippen LogP contribution in [0.2, 0.25) is 0 Å². The maximum atomic E-state index is 3.52. The van der Waals surface area contributed by atoms with Gasteiger partial charge in [-0.15, -0.1) is 0 Å². The molecular weight excluding hydrogens is 208 g/mol. The fraction of sp³-hybridized carbons (Fsp3) is 0.600. The maximum Gasteiger partial charge on any atom is 0.0261 e. The molecule has 17 heavy (non-hydrogen) atoms. The van der Waals surface area contributed by atoms with Gasteiger partial charge >= 0.3 is 0 Å². The van der Waals surface area contributed by atoms with Crippen LogP contribution in [-0.2, 0) is 6.42 Å². The van der Waals surface area contributed by atoms with Gasteiger partial charge in [0.25, 0.3) is 0 Å². The Morgan fingerprint density at radius 3 is 2.76 bits per heavy atom. The third-order valence-electron chi connectivity index (χ3n) is 3.39. The molecule has 94 valence electrons. The summed E-state index contributed by atoms with van der Waals surface area (Å²) in [6.07, 6.45) is 1.17. The van der Waals surface area contributed by atoms with Crippen LogP contribution in [0.4, 0.5) is 0 Å². The Kier molecular flexibility index (Phi) is 4.57. The van der Waals surface area contributed by atoms with Crippen molar-refractivity contribution >= 4 is 0 Å². The van der Waals surface area contributed by atoms with Crippen LogP contribution in [-0.4, -0.2) is 37.1 Å². The van der Waals surface area contributed by atoms with Crippen molar-refractivity contribution in [3.8, 4) is 0 Å². The van der Waals surface area contributed by atoms with E-state index in [4.69, 9.17) is 0 Å². The van der Waals surface area contributed by atoms with E-state index in [0.29, 0.717) is 6.04 Å². The van der Waals surface area contributed by atoms with Gasteiger partial charge in [0, 0.05) is 32.2 Å². The predicted molar refractivity (Wildman–Crippen MR) is 73.2 cm³/mol. The van der Waals surface area contributed by atoms with Gasteiger partial charge in [0.05, 0.1) is 0 Å². The zero-order valence-corrected chi connectivity index (χ0v) is 11.0. The summed E-state index contributed by atoms with van der Waals surface area (Å²) in [4.78, 5) is 2.65. The first-order chi connectivity index (χ1) is 8.25. The van der Waals surface area contributed by atoms with Gasteiger partial charge in [-0.1, -0.05) is 44.2 Å². The minimum atomic E-state index is 0.661. The van der Waals surface area contributed by atoms with Crippen molar-refractivity contribution in [1.29, 1.82) is 0 Å². The topological polar surface area (TPSA) is 15.3 Å². The SMILES string of the molecule is CC(C)CN1CCNCC1Cc1ccccc1. The number of piperazine rings is 1. The Bertz CT molecular complexity index is 321. The van der Waals surface area contributed by atoms with E-state index in [1.807, 2.05) is 0 Å². The first-order valence-corrected chi connectivity index (χ1v) is 6.74. The van der Waals surface area contributed by atoms with Crippen LogP contribution in [0.3, 0.4) is 0 Å². The van der Waals surface area contributed by atoms with Crippen LogP contribution in [0.5, 0.6) is 0 Å². The lowest BCUT2D eigenvalue weighted by Crippen LogP contribution is -2.53. The van der Waals surface area contributed by atoms with E-state index in [0.717, 1.165) is 19.0 Å². The van der Waals surface area contributed by atoms with Crippen molar-refractivity contribution in [3.63, 3.8) is 0 Å². The van der Waals surface area contributed by atoms with E-state index in [1.165, 1.54) is 25.1 Å². The van der Waals surface area contributed by atoms with Crippen molar-refractivity contribution in [3.05, 3.63) is 35.9 Å². The molecule has 1 saturated heterocycles. The van der Waals surface area contributed by atoms with Gasteiger partial charge in [-0.2, -0.15) is 0 Å². The Balaban J connectivity index is 1.96. The summed E-state index contributed by atoms with van der Waals surface area (Å²) in [5.41, 5.74) is 1.45. The second-order valence-electron chi connectivity index (χ2n) is 5.44. The molecule has 1 atom stereocenters. The standard InChI is InChI=1S/C15H24N2/c1-13(2)12-17-9-8-16-11-15(17)10-14-6-4-3-5-7-14/h3-7,13,15-16H,8-12H2,1-2H3. The molecule has 1 fully saturated rings. The van der Waals surface area contributed by atoms with E-state index in [1.54, 1.807) is 0 Å². The number of nitrogens with one attached hydrogen (secondary N) is 1. The Morgan fingerprint density at radius 1 is 1.29 bits per heavy atom. The summed E-state index contributed by atoms with van der Waals surface area (Å²) in [6.45, 7) is 9.29. The first-order valence-electron chi connectivity index (χ1n) is 6.74. The van der Waals surface area contributed by atoms with Crippen molar-refractivity contribution in [2.24, 2.45) is 5.92 Å². The molecule has 0 saturated carbocycles. The number of hydrogen-bond donors (Lipinski definition) is 1. The predicted octanol–water partition coefficient (Wildman–Crippen LogP) is 2.16. The van der Waals surface area contributed by atoms with Crippen LogP contribution in [0.15, 0.2) is 30.3 Å². The van der Waals surface area contributed by atoms with E-state index in [-0.39, 0.29) is 0 Å². The second-order valence-corrected chi connectivity index (χ2v) is 5.44. The first kappa shape index (κ1) is 12.6. The van der Waals surface area contributed by atoms with Gasteiger partial charge in [0.15, 0.2) is 0 Å². The lowest BCUT2D eigenvalue weighted by atomic mass is 10.0. The highest BCUT2D eigenvalue weighted by Gasteiger charge is 2.22. The molecule has 0 spiro atoms. The molecule has 1 aromatic carbocycles. The molecule has 2 nitrogen and oxygen atoms in total. The summed E-state index contributed by atoms with van der Waals surface area (Å²) in [5.74, 6) is 0.756. The minimum absolute atomic E-state index is 0.661. The molecule has 0 bridgehead atoms. The molecule has 0 radical (unpaired) electrons. The van der Waals surface area contributed by atoms with Gasteiger partial charge < -0.3 is 5.32 Å². The lowest BCUT2D eigenvalue weighted by molar-refractivity contribution is 0.143. The van der Waals surface area contributed by atoms with E-state index in [2.05, 4.69) is 54.4 Å². The summed E-state index contributed by atoms with van der Waals surface area (Å²) in [6, 6.07) is 11.5. The van der Waals surface area contributed by atoms with Crippen LogP contribution in [0, 0.1) is 5.92 Å². The van der Waals surface area contributed by atoms with Gasteiger partial charge in [-0.25, -0.2) is 0 Å². The Labute approximate surface area is 105 Å². The molecule has 1 unspecified atom stereocenters. The normalized spacial score (nSPS) is 21.9. The minimum Gasteiger partial charge on any atom is -0.314 e. The number of nitrogens with zero attached hydrogens (tertiary/aromatic N) is 1. The maximum absolute atomic E-state index is 3.52. The fourth-order valence-electron chi connectivity index (χ4n) is 2.60. The highest BCUT2D eigenvalue weighted by molar-refractivity contribution is 5.16. The summed E-state index contributed by atoms with van der Waals surface area (Å²) in [7, 11) is 0. The smallest absolute Gasteiger partial charge is 0.0261 e. The van der Waals surface area contributed by atoms with Crippen LogP contribution in [0.1, 0.15) is 19.4 Å². The quantitative estimate of drug-likeness (QED) is 0.856. The molecule has 0 aromatic heterocycles. The van der Waals surface area contributed by atoms with Crippen molar-refractivity contribution in [1.82, 2.24) is 10.2 Å². The number of benzene rings is 1. The summed E-state index contributed by atoms with van der Waals surface area (Å²) < 4.78 is 0. The Hall–Kier alpha value is -0.860. The highest BCUT2D eigenvalue weighted by atomic mass is 15.2. The fourth-order valence-corrected chi connectivity index (χ4v) is 2.60. The molecule has 0 aliphatic carbocycles. The van der Waals surface area contributed by atoms with Crippen molar-refractivity contribution in [2.45, 2.75) is 26.3 Å². The molecule has 0 amide bonds. The largest absolute Gasteiger partial charge is 0.314 e. The third-order valence-corrected chi connectivity index (χ3v) is 3.39. The molecule has 2 rings (SSSR count). The average molecular weight is 232 g/mol. The molecular formula is C15H24N2.